The summed E-state index contributed by atoms with van der Waals surface area (Å²) in [7, 11) is 0. The Morgan fingerprint density at radius 1 is 1.33 bits per heavy atom. The van der Waals surface area contributed by atoms with Crippen LogP contribution in [-0.2, 0) is 9.47 Å². The maximum absolute atomic E-state index is 5.93. The van der Waals surface area contributed by atoms with E-state index in [0.29, 0.717) is 19.3 Å². The Morgan fingerprint density at radius 2 is 2.00 bits per heavy atom. The molecule has 4 heteroatoms. The van der Waals surface area contributed by atoms with Gasteiger partial charge in [0.15, 0.2) is 6.29 Å². The molecule has 1 atom stereocenters. The molecular weight excluding hydrogens is 192 g/mol. The molecule has 1 aliphatic heterocycles. The van der Waals surface area contributed by atoms with Crippen molar-refractivity contribution < 1.29 is 9.47 Å². The van der Waals surface area contributed by atoms with Crippen molar-refractivity contribution in [2.75, 3.05) is 32.8 Å². The van der Waals surface area contributed by atoms with E-state index in [1.807, 2.05) is 13.8 Å². The maximum Gasteiger partial charge on any atom is 0.170 e. The molecule has 1 rings (SSSR count). The highest BCUT2D eigenvalue weighted by molar-refractivity contribution is 4.75. The maximum atomic E-state index is 5.93. The third kappa shape index (κ3) is 4.93. The molecule has 15 heavy (non-hydrogen) atoms. The van der Waals surface area contributed by atoms with Gasteiger partial charge in [0.1, 0.15) is 0 Å². The number of hydrogen-bond donors (Lipinski definition) is 1. The molecule has 0 aromatic rings. The van der Waals surface area contributed by atoms with E-state index in [-0.39, 0.29) is 6.29 Å². The van der Waals surface area contributed by atoms with Crippen molar-refractivity contribution in [1.29, 1.82) is 0 Å². The van der Waals surface area contributed by atoms with Gasteiger partial charge >= 0.3 is 0 Å². The van der Waals surface area contributed by atoms with Crippen LogP contribution < -0.4 is 5.73 Å². The summed E-state index contributed by atoms with van der Waals surface area (Å²) in [5.41, 5.74) is 5.93. The third-order valence-corrected chi connectivity index (χ3v) is 2.65. The van der Waals surface area contributed by atoms with Crippen LogP contribution in [0.5, 0.6) is 0 Å². The second-order valence-corrected chi connectivity index (χ2v) is 4.00. The summed E-state index contributed by atoms with van der Waals surface area (Å²) in [6.45, 7) is 8.31. The van der Waals surface area contributed by atoms with Gasteiger partial charge in [-0.1, -0.05) is 0 Å². The predicted molar refractivity (Wildman–Crippen MR) is 60.7 cm³/mol. The second kappa shape index (κ2) is 7.17. The zero-order chi connectivity index (χ0) is 11.1. The molecule has 0 bridgehead atoms. The van der Waals surface area contributed by atoms with Gasteiger partial charge < -0.3 is 15.2 Å². The minimum atomic E-state index is -0.0923. The van der Waals surface area contributed by atoms with Crippen molar-refractivity contribution >= 4 is 0 Å². The standard InChI is InChI=1S/C11H24N2O2/c1-3-14-11(15-4-2)9-13-7-5-6-10(12)8-13/h10-11H,3-9,12H2,1-2H3. The molecule has 0 aromatic heterocycles. The van der Waals surface area contributed by atoms with Crippen LogP contribution in [0.25, 0.3) is 0 Å². The summed E-state index contributed by atoms with van der Waals surface area (Å²) in [5, 5.41) is 0. The Balaban J connectivity index is 2.28. The first-order valence-electron chi connectivity index (χ1n) is 5.97. The van der Waals surface area contributed by atoms with Gasteiger partial charge in [-0.25, -0.2) is 0 Å². The van der Waals surface area contributed by atoms with Crippen molar-refractivity contribution in [2.45, 2.75) is 39.0 Å². The molecule has 1 saturated heterocycles. The summed E-state index contributed by atoms with van der Waals surface area (Å²) in [6.07, 6.45) is 2.24. The molecule has 1 unspecified atom stereocenters. The SMILES string of the molecule is CCOC(CN1CCCC(N)C1)OCC. The lowest BCUT2D eigenvalue weighted by Crippen LogP contribution is -2.46. The summed E-state index contributed by atoms with van der Waals surface area (Å²) in [5.74, 6) is 0. The Labute approximate surface area is 92.7 Å². The van der Waals surface area contributed by atoms with Crippen LogP contribution in [0.3, 0.4) is 0 Å². The Morgan fingerprint density at radius 3 is 2.53 bits per heavy atom. The average Bonchev–Trinajstić information content (AvgIpc) is 2.18. The van der Waals surface area contributed by atoms with E-state index < -0.39 is 0 Å². The van der Waals surface area contributed by atoms with Crippen molar-refractivity contribution in [3.8, 4) is 0 Å². The van der Waals surface area contributed by atoms with E-state index >= 15 is 0 Å². The fourth-order valence-corrected chi connectivity index (χ4v) is 1.99. The molecule has 0 amide bonds. The van der Waals surface area contributed by atoms with Gasteiger partial charge in [-0.05, 0) is 33.2 Å². The largest absolute Gasteiger partial charge is 0.352 e. The van der Waals surface area contributed by atoms with E-state index in [2.05, 4.69) is 4.90 Å². The molecule has 0 radical (unpaired) electrons. The molecule has 1 aliphatic rings. The zero-order valence-corrected chi connectivity index (χ0v) is 9.95. The molecule has 1 fully saturated rings. The van der Waals surface area contributed by atoms with Gasteiger partial charge in [0.25, 0.3) is 0 Å². The summed E-state index contributed by atoms with van der Waals surface area (Å²) < 4.78 is 11.0. The van der Waals surface area contributed by atoms with Crippen molar-refractivity contribution in [2.24, 2.45) is 5.73 Å². The van der Waals surface area contributed by atoms with Gasteiger partial charge in [-0.15, -0.1) is 0 Å². The van der Waals surface area contributed by atoms with Crippen LogP contribution in [-0.4, -0.2) is 50.1 Å². The summed E-state index contributed by atoms with van der Waals surface area (Å²) in [4.78, 5) is 2.34. The van der Waals surface area contributed by atoms with Crippen LogP contribution in [0, 0.1) is 0 Å². The van der Waals surface area contributed by atoms with Crippen LogP contribution in [0.4, 0.5) is 0 Å². The number of nitrogens with zero attached hydrogens (tertiary/aromatic N) is 1. The van der Waals surface area contributed by atoms with Crippen LogP contribution in [0.2, 0.25) is 0 Å². The van der Waals surface area contributed by atoms with Crippen LogP contribution in [0.15, 0.2) is 0 Å². The molecule has 90 valence electrons. The number of hydrogen-bond acceptors (Lipinski definition) is 4. The normalized spacial score (nSPS) is 23.6. The highest BCUT2D eigenvalue weighted by Crippen LogP contribution is 2.10. The van der Waals surface area contributed by atoms with E-state index in [9.17, 15) is 0 Å². The monoisotopic (exact) mass is 216 g/mol. The van der Waals surface area contributed by atoms with E-state index in [1.54, 1.807) is 0 Å². The number of piperidine rings is 1. The fourth-order valence-electron chi connectivity index (χ4n) is 1.99. The number of likely N-dealkylation sites (tertiary alicyclic amines) is 1. The Kier molecular flexibility index (Phi) is 6.17. The smallest absolute Gasteiger partial charge is 0.170 e. The predicted octanol–water partition coefficient (Wildman–Crippen LogP) is 0.809. The lowest BCUT2D eigenvalue weighted by Gasteiger charge is -2.33. The first kappa shape index (κ1) is 12.9. The molecular formula is C11H24N2O2. The first-order chi connectivity index (χ1) is 7.26. The summed E-state index contributed by atoms with van der Waals surface area (Å²) in [6, 6.07) is 0.322. The van der Waals surface area contributed by atoms with E-state index in [1.165, 1.54) is 6.42 Å². The number of nitrogens with two attached hydrogens (primary N) is 1. The van der Waals surface area contributed by atoms with Crippen LogP contribution >= 0.6 is 0 Å². The molecule has 0 aromatic carbocycles. The number of rotatable bonds is 6. The number of ether oxygens (including phenoxy) is 2. The average molecular weight is 216 g/mol. The Bertz CT molecular complexity index is 158. The van der Waals surface area contributed by atoms with Crippen molar-refractivity contribution in [3.05, 3.63) is 0 Å². The molecule has 0 spiro atoms. The molecule has 0 saturated carbocycles. The van der Waals surface area contributed by atoms with Gasteiger partial charge in [0.2, 0.25) is 0 Å². The van der Waals surface area contributed by atoms with Gasteiger partial charge in [0, 0.05) is 32.3 Å². The van der Waals surface area contributed by atoms with E-state index in [0.717, 1.165) is 26.1 Å². The van der Waals surface area contributed by atoms with Crippen LogP contribution in [0.1, 0.15) is 26.7 Å². The molecule has 4 nitrogen and oxygen atoms in total. The van der Waals surface area contributed by atoms with Crippen molar-refractivity contribution in [3.63, 3.8) is 0 Å². The minimum Gasteiger partial charge on any atom is -0.352 e. The van der Waals surface area contributed by atoms with E-state index in [4.69, 9.17) is 15.2 Å². The quantitative estimate of drug-likeness (QED) is 0.667. The Hall–Kier alpha value is -0.160. The molecule has 1 heterocycles. The lowest BCUT2D eigenvalue weighted by atomic mass is 10.1. The first-order valence-corrected chi connectivity index (χ1v) is 5.97. The van der Waals surface area contributed by atoms with Crippen molar-refractivity contribution in [1.82, 2.24) is 4.90 Å². The second-order valence-electron chi connectivity index (χ2n) is 4.00. The lowest BCUT2D eigenvalue weighted by molar-refractivity contribution is -0.148. The zero-order valence-electron chi connectivity index (χ0n) is 9.95. The third-order valence-electron chi connectivity index (χ3n) is 2.65. The highest BCUT2D eigenvalue weighted by atomic mass is 16.7. The summed E-state index contributed by atoms with van der Waals surface area (Å²) >= 11 is 0. The van der Waals surface area contributed by atoms with Gasteiger partial charge in [-0.3, -0.25) is 4.90 Å². The molecule has 2 N–H and O–H groups in total. The fraction of sp³-hybridized carbons (Fsp3) is 1.00. The minimum absolute atomic E-state index is 0.0923. The topological polar surface area (TPSA) is 47.7 Å². The van der Waals surface area contributed by atoms with Gasteiger partial charge in [-0.2, -0.15) is 0 Å². The highest BCUT2D eigenvalue weighted by Gasteiger charge is 2.20. The molecule has 0 aliphatic carbocycles. The van der Waals surface area contributed by atoms with Gasteiger partial charge in [0.05, 0.1) is 0 Å².